The molecule has 0 spiro atoms. The molecular weight excluding hydrogens is 154 g/mol. The molecule has 2 heteroatoms. The lowest BCUT2D eigenvalue weighted by Crippen LogP contribution is -2.07. The summed E-state index contributed by atoms with van der Waals surface area (Å²) in [6.45, 7) is 2.10. The Morgan fingerprint density at radius 3 is 2.09 bits per heavy atom. The van der Waals surface area contributed by atoms with E-state index in [1.54, 1.807) is 0 Å². The molecule has 0 radical (unpaired) electrons. The van der Waals surface area contributed by atoms with Crippen molar-refractivity contribution in [3.63, 3.8) is 0 Å². The molecular formula is C9H14NS+. The Bertz CT molecular complexity index is 216. The third-order valence-electron chi connectivity index (χ3n) is 1.37. The molecule has 1 N–H and O–H groups in total. The fraction of sp³-hybridized carbons (Fsp3) is 0.333. The molecule has 1 rings (SSSR count). The Morgan fingerprint density at radius 1 is 1.09 bits per heavy atom. The summed E-state index contributed by atoms with van der Waals surface area (Å²) < 4.78 is 3.36. The second kappa shape index (κ2) is 3.67. The molecule has 0 atom stereocenters. The van der Waals surface area contributed by atoms with Gasteiger partial charge in [-0.2, -0.15) is 0 Å². The lowest BCUT2D eigenvalue weighted by atomic mass is 10.2. The predicted octanol–water partition coefficient (Wildman–Crippen LogP) is 2.20. The molecule has 0 amide bonds. The Hall–Kier alpha value is -0.630. The normalized spacial score (nSPS) is 10.2. The predicted molar refractivity (Wildman–Crippen MR) is 54.0 cm³/mol. The number of nitrogens with one attached hydrogen (secondary N) is 1. The molecule has 11 heavy (non-hydrogen) atoms. The third-order valence-corrected chi connectivity index (χ3v) is 2.02. The van der Waals surface area contributed by atoms with E-state index in [2.05, 4.69) is 48.4 Å². The van der Waals surface area contributed by atoms with E-state index in [0.29, 0.717) is 0 Å². The van der Waals surface area contributed by atoms with Gasteiger partial charge in [0.15, 0.2) is 0 Å². The van der Waals surface area contributed by atoms with Gasteiger partial charge in [0.1, 0.15) is 12.5 Å². The van der Waals surface area contributed by atoms with Crippen LogP contribution >= 0.6 is 0 Å². The van der Waals surface area contributed by atoms with Crippen LogP contribution in [0.5, 0.6) is 0 Å². The van der Waals surface area contributed by atoms with Gasteiger partial charge in [-0.1, -0.05) is 17.7 Å². The summed E-state index contributed by atoms with van der Waals surface area (Å²) in [6, 6.07) is 8.47. The first kappa shape index (κ1) is 8.47. The largest absolute Gasteiger partial charge is 0.208 e. The average Bonchev–Trinajstić information content (AvgIpc) is 1.93. The summed E-state index contributed by atoms with van der Waals surface area (Å²) in [5.74, 6) is 0. The maximum absolute atomic E-state index is 3.36. The molecule has 1 aromatic rings. The molecule has 0 saturated carbocycles. The second-order valence-electron chi connectivity index (χ2n) is 2.78. The highest BCUT2D eigenvalue weighted by Crippen LogP contribution is 2.09. The van der Waals surface area contributed by atoms with E-state index in [-0.39, 0.29) is 11.1 Å². The van der Waals surface area contributed by atoms with E-state index in [0.717, 1.165) is 0 Å². The molecule has 0 aliphatic heterocycles. The zero-order valence-corrected chi connectivity index (χ0v) is 8.03. The van der Waals surface area contributed by atoms with E-state index in [9.17, 15) is 0 Å². The number of benzene rings is 1. The third kappa shape index (κ3) is 2.85. The van der Waals surface area contributed by atoms with Gasteiger partial charge in [0, 0.05) is 0 Å². The van der Waals surface area contributed by atoms with E-state index in [1.165, 1.54) is 11.3 Å². The van der Waals surface area contributed by atoms with Crippen LogP contribution in [0.15, 0.2) is 24.3 Å². The van der Waals surface area contributed by atoms with Crippen molar-refractivity contribution >= 4 is 16.8 Å². The molecule has 0 heterocycles. The molecule has 0 fully saturated rings. The fourth-order valence-electron chi connectivity index (χ4n) is 0.857. The summed E-state index contributed by atoms with van der Waals surface area (Å²) in [5, 5.41) is 0. The monoisotopic (exact) mass is 168 g/mol. The van der Waals surface area contributed by atoms with Crippen molar-refractivity contribution < 1.29 is 0 Å². The van der Waals surface area contributed by atoms with Crippen LogP contribution in [0.1, 0.15) is 5.56 Å². The molecule has 1 nitrogen and oxygen atoms in total. The highest BCUT2D eigenvalue weighted by atomic mass is 32.2. The SMILES string of the molecule is Cc1ccc(N[S+](C)C)cc1. The van der Waals surface area contributed by atoms with Crippen LogP contribution in [-0.2, 0) is 11.1 Å². The van der Waals surface area contributed by atoms with Crippen molar-refractivity contribution in [1.82, 2.24) is 0 Å². The number of aryl methyl sites for hydroxylation is 1. The average molecular weight is 168 g/mol. The maximum Gasteiger partial charge on any atom is 0.122 e. The van der Waals surface area contributed by atoms with Gasteiger partial charge in [-0.25, -0.2) is 4.72 Å². The lowest BCUT2D eigenvalue weighted by molar-refractivity contribution is 1.47. The van der Waals surface area contributed by atoms with E-state index >= 15 is 0 Å². The molecule has 0 aliphatic carbocycles. The Kier molecular flexibility index (Phi) is 2.83. The number of hydrogen-bond donors (Lipinski definition) is 1. The molecule has 1 aromatic carbocycles. The molecule has 0 bridgehead atoms. The van der Waals surface area contributed by atoms with Crippen LogP contribution in [0.2, 0.25) is 0 Å². The summed E-state index contributed by atoms with van der Waals surface area (Å²) in [5.41, 5.74) is 2.52. The summed E-state index contributed by atoms with van der Waals surface area (Å²) in [6.07, 6.45) is 4.33. The summed E-state index contributed by atoms with van der Waals surface area (Å²) in [4.78, 5) is 0. The minimum atomic E-state index is 0.277. The highest BCUT2D eigenvalue weighted by molar-refractivity contribution is 7.96. The maximum atomic E-state index is 3.36. The zero-order chi connectivity index (χ0) is 8.27. The van der Waals surface area contributed by atoms with Gasteiger partial charge in [-0.05, 0) is 19.1 Å². The first-order valence-electron chi connectivity index (χ1n) is 3.59. The van der Waals surface area contributed by atoms with Gasteiger partial charge in [0.05, 0.1) is 16.8 Å². The lowest BCUT2D eigenvalue weighted by Gasteiger charge is -2.00. The van der Waals surface area contributed by atoms with Crippen LogP contribution in [0.3, 0.4) is 0 Å². The fourth-order valence-corrected chi connectivity index (χ4v) is 1.46. The quantitative estimate of drug-likeness (QED) is 0.668. The van der Waals surface area contributed by atoms with Gasteiger partial charge < -0.3 is 0 Å². The molecule has 0 unspecified atom stereocenters. The van der Waals surface area contributed by atoms with Crippen molar-refractivity contribution in [3.8, 4) is 0 Å². The van der Waals surface area contributed by atoms with Crippen LogP contribution in [0, 0.1) is 6.92 Å². The van der Waals surface area contributed by atoms with Crippen molar-refractivity contribution in [2.45, 2.75) is 6.92 Å². The first-order chi connectivity index (χ1) is 5.18. The van der Waals surface area contributed by atoms with Crippen LogP contribution < -0.4 is 4.72 Å². The summed E-state index contributed by atoms with van der Waals surface area (Å²) in [7, 11) is 0. The van der Waals surface area contributed by atoms with Gasteiger partial charge in [0.25, 0.3) is 0 Å². The molecule has 0 aliphatic rings. The molecule has 0 aromatic heterocycles. The first-order valence-corrected chi connectivity index (χ1v) is 5.63. The van der Waals surface area contributed by atoms with Gasteiger partial charge >= 0.3 is 0 Å². The van der Waals surface area contributed by atoms with Crippen molar-refractivity contribution in [1.29, 1.82) is 0 Å². The van der Waals surface area contributed by atoms with E-state index < -0.39 is 0 Å². The minimum absolute atomic E-state index is 0.277. The van der Waals surface area contributed by atoms with Crippen molar-refractivity contribution in [2.24, 2.45) is 0 Å². The van der Waals surface area contributed by atoms with Crippen LogP contribution in [-0.4, -0.2) is 12.5 Å². The van der Waals surface area contributed by atoms with Gasteiger partial charge in [0.2, 0.25) is 0 Å². The molecule has 60 valence electrons. The minimum Gasteiger partial charge on any atom is -0.208 e. The second-order valence-corrected chi connectivity index (χ2v) is 4.62. The Labute approximate surface area is 71.3 Å². The topological polar surface area (TPSA) is 12.0 Å². The number of hydrogen-bond acceptors (Lipinski definition) is 1. The standard InChI is InChI=1S/C9H14NS/c1-8-4-6-9(7-5-8)10-11(2)3/h4-7,10H,1-3H3/q+1. The van der Waals surface area contributed by atoms with Crippen LogP contribution in [0.4, 0.5) is 5.69 Å². The summed E-state index contributed by atoms with van der Waals surface area (Å²) >= 11 is 0.277. The van der Waals surface area contributed by atoms with Crippen molar-refractivity contribution in [2.75, 3.05) is 17.2 Å². The van der Waals surface area contributed by atoms with Crippen LogP contribution in [0.25, 0.3) is 0 Å². The van der Waals surface area contributed by atoms with Gasteiger partial charge in [-0.3, -0.25) is 0 Å². The molecule has 0 saturated heterocycles. The van der Waals surface area contributed by atoms with Crippen molar-refractivity contribution in [3.05, 3.63) is 29.8 Å². The van der Waals surface area contributed by atoms with E-state index in [1.807, 2.05) is 0 Å². The number of anilines is 1. The van der Waals surface area contributed by atoms with Gasteiger partial charge in [-0.15, -0.1) is 0 Å². The van der Waals surface area contributed by atoms with E-state index in [4.69, 9.17) is 0 Å². The Morgan fingerprint density at radius 2 is 1.64 bits per heavy atom. The Balaban J connectivity index is 2.66. The highest BCUT2D eigenvalue weighted by Gasteiger charge is 2.00. The smallest absolute Gasteiger partial charge is 0.122 e. The zero-order valence-electron chi connectivity index (χ0n) is 7.22. The number of rotatable bonds is 2.